The Labute approximate surface area is 626 Å². The van der Waals surface area contributed by atoms with Crippen molar-refractivity contribution in [1.82, 2.24) is 0 Å². The molecule has 10 atom stereocenters. The molecule has 16 heteroatoms. The van der Waals surface area contributed by atoms with Crippen LogP contribution in [0.15, 0.2) is 182 Å². The normalized spacial score (nSPS) is 16.2. The van der Waals surface area contributed by atoms with Gasteiger partial charge in [0.2, 0.25) is 0 Å². The molecular weight excluding hydrogens is 1310 g/mol. The number of carbonyl (C=O) groups excluding carboxylic acids is 4. The second-order valence-electron chi connectivity index (χ2n) is 31.1. The van der Waals surface area contributed by atoms with Gasteiger partial charge in [0, 0.05) is 16.6 Å². The number of hydrogen-bond acceptors (Lipinski definition) is 13. The van der Waals surface area contributed by atoms with Crippen LogP contribution in [-0.4, -0.2) is 113 Å². The summed E-state index contributed by atoms with van der Waals surface area (Å²) in [5, 5.41) is 13.0. The SMILES string of the molecule is CCC(C)CC(CC(CC(C)(CC(C)C(=O)OC)C(=O)OCC(O)CSC[Si](C)(C)C)(c1ccccc1)c1ccccc1)c1ccccc1.CCC(C)CC(CC(CC(C)(CC(C)C(=O)OC)C(=O)OCC1CO1)(c1ccccc1)c1ccccc1)c1ccccc1.C[Si](C)(C)CS.[Li+].[OH-]. The van der Waals surface area contributed by atoms with Crippen molar-refractivity contribution in [1.29, 1.82) is 0 Å². The first-order valence-electron chi connectivity index (χ1n) is 35.8. The van der Waals surface area contributed by atoms with E-state index in [-0.39, 0.29) is 79.8 Å². The third-order valence-electron chi connectivity index (χ3n) is 19.4. The van der Waals surface area contributed by atoms with E-state index in [0.717, 1.165) is 71.5 Å². The Hall–Kier alpha value is -5.19. The maximum Gasteiger partial charge on any atom is 1.00 e. The molecular formula is C84H121LiO11S2Si2. The molecule has 100 heavy (non-hydrogen) atoms. The van der Waals surface area contributed by atoms with E-state index in [1.54, 1.807) is 11.8 Å². The number of ether oxygens (including phenoxy) is 5. The molecule has 10 unspecified atom stereocenters. The third kappa shape index (κ3) is 28.5. The van der Waals surface area contributed by atoms with Crippen molar-refractivity contribution in [3.05, 3.63) is 215 Å². The molecule has 1 fully saturated rings. The summed E-state index contributed by atoms with van der Waals surface area (Å²) < 4.78 is 27.5. The molecule has 0 saturated carbocycles. The zero-order valence-corrected chi connectivity index (χ0v) is 67.4. The second-order valence-corrected chi connectivity index (χ2v) is 44.5. The fourth-order valence-corrected chi connectivity index (χ4v) is 17.1. The fraction of sp³-hybridized carbons (Fsp3) is 0.524. The molecule has 0 aromatic heterocycles. The molecule has 1 saturated heterocycles. The van der Waals surface area contributed by atoms with E-state index in [0.29, 0.717) is 43.5 Å². The van der Waals surface area contributed by atoms with Gasteiger partial charge in [-0.25, -0.2) is 0 Å². The molecule has 544 valence electrons. The molecule has 7 rings (SSSR count). The number of epoxide rings is 1. The van der Waals surface area contributed by atoms with Crippen molar-refractivity contribution < 1.29 is 72.3 Å². The van der Waals surface area contributed by atoms with Crippen LogP contribution in [0.3, 0.4) is 0 Å². The van der Waals surface area contributed by atoms with Crippen molar-refractivity contribution in [3.63, 3.8) is 0 Å². The third-order valence-corrected chi connectivity index (χ3v) is 28.1. The van der Waals surface area contributed by atoms with Crippen molar-refractivity contribution in [2.75, 3.05) is 50.5 Å². The van der Waals surface area contributed by atoms with E-state index in [4.69, 9.17) is 23.7 Å². The maximum atomic E-state index is 14.5. The summed E-state index contributed by atoms with van der Waals surface area (Å²) >= 11 is 5.88. The zero-order chi connectivity index (χ0) is 72.2. The quantitative estimate of drug-likeness (QED) is 0.0125. The molecule has 11 nitrogen and oxygen atoms in total. The Morgan fingerprint density at radius 3 is 1.13 bits per heavy atom. The van der Waals surface area contributed by atoms with Crippen molar-refractivity contribution in [2.24, 2.45) is 34.5 Å². The van der Waals surface area contributed by atoms with Gasteiger partial charge >= 0.3 is 42.7 Å². The summed E-state index contributed by atoms with van der Waals surface area (Å²) in [7, 11) is 0.748. The molecule has 0 radical (unpaired) electrons. The fourth-order valence-electron chi connectivity index (χ4n) is 13.8. The average molecular weight is 1430 g/mol. The van der Waals surface area contributed by atoms with E-state index < -0.39 is 61.7 Å². The molecule has 0 aliphatic carbocycles. The first-order valence-corrected chi connectivity index (χ1v) is 45.0. The van der Waals surface area contributed by atoms with Gasteiger partial charge in [-0.15, -0.1) is 0 Å². The predicted octanol–water partition coefficient (Wildman–Crippen LogP) is 16.4. The van der Waals surface area contributed by atoms with Gasteiger partial charge in [-0.3, -0.25) is 19.2 Å². The van der Waals surface area contributed by atoms with Crippen LogP contribution in [0.1, 0.15) is 165 Å². The van der Waals surface area contributed by atoms with Crippen LogP contribution in [0.25, 0.3) is 0 Å². The number of benzene rings is 6. The zero-order valence-electron chi connectivity index (χ0n) is 63.7. The smallest absolute Gasteiger partial charge is 0.870 e. The molecule has 1 aliphatic rings. The van der Waals surface area contributed by atoms with Gasteiger partial charge in [0.15, 0.2) is 0 Å². The molecule has 2 N–H and O–H groups in total. The standard InChI is InChI=1S/C42H60O5SSi.C38H48O5.C4H12SSi.Li.H2O/c1-9-32(2)25-35(34-19-13-10-14-20-34)27-42(36-21-15-11-16-22-36,37-23-17-12-18-24-37)30-41(4,26-33(3)39(44)46-5)40(45)47-28-38(43)29-48-31-49(6,7)8;1-6-28(2)22-31(30-16-10-7-11-17-30)24-38(32-18-12-8-13-19-32,33-20-14-9-15-21-33)27-37(4,23-29(3)35(39)41-5)36(40)43-26-34-25-42-34;1-6(2,3)4-5;;/h10-24,32-33,35,38,43H,9,25-31H2,1-8H3;7-21,28-29,31,34H,6,22-27H2,1-5H3;5H,4H2,1-3H3;;1H2/q;;;+1;/p-1. The summed E-state index contributed by atoms with van der Waals surface area (Å²) in [6.45, 7) is 31.3. The number of thiol groups is 1. The second kappa shape index (κ2) is 43.2. The van der Waals surface area contributed by atoms with Crippen LogP contribution in [0.5, 0.6) is 0 Å². The van der Waals surface area contributed by atoms with E-state index in [2.05, 4.69) is 237 Å². The minimum absolute atomic E-state index is 0. The predicted molar refractivity (Wildman–Crippen MR) is 418 cm³/mol. The number of aliphatic hydroxyl groups is 1. The van der Waals surface area contributed by atoms with Crippen molar-refractivity contribution in [3.8, 4) is 0 Å². The Balaban J connectivity index is 0.000000474. The maximum absolute atomic E-state index is 14.5. The first-order chi connectivity index (χ1) is 46.5. The van der Waals surface area contributed by atoms with E-state index in [1.165, 1.54) is 25.3 Å². The number of rotatable bonds is 37. The minimum atomic E-state index is -1.27. The summed E-state index contributed by atoms with van der Waals surface area (Å²) in [6, 6.07) is 63.7. The number of carbonyl (C=O) groups is 4. The Morgan fingerprint density at radius 2 is 0.850 bits per heavy atom. The summed E-state index contributed by atoms with van der Waals surface area (Å²) in [4.78, 5) is 54.2. The monoisotopic (exact) mass is 1430 g/mol. The van der Waals surface area contributed by atoms with Gasteiger partial charge in [-0.2, -0.15) is 24.4 Å². The van der Waals surface area contributed by atoms with Crippen LogP contribution < -0.4 is 18.9 Å². The summed E-state index contributed by atoms with van der Waals surface area (Å²) in [5.41, 5.74) is 3.93. The molecule has 0 spiro atoms. The van der Waals surface area contributed by atoms with Gasteiger partial charge in [-0.05, 0) is 133 Å². The molecule has 6 aromatic carbocycles. The van der Waals surface area contributed by atoms with E-state index >= 15 is 0 Å². The number of hydrogen-bond donors (Lipinski definition) is 2. The number of esters is 4. The molecule has 0 amide bonds. The average Bonchev–Trinajstić information content (AvgIpc) is 0.851. The van der Waals surface area contributed by atoms with Gasteiger partial charge in [0.05, 0.1) is 65.7 Å². The van der Waals surface area contributed by atoms with Gasteiger partial charge in [0.25, 0.3) is 0 Å². The van der Waals surface area contributed by atoms with Gasteiger partial charge in [0.1, 0.15) is 19.3 Å². The molecule has 1 heterocycles. The van der Waals surface area contributed by atoms with E-state index in [9.17, 15) is 24.3 Å². The minimum Gasteiger partial charge on any atom is -0.870 e. The first kappa shape index (κ1) is 89.0. The summed E-state index contributed by atoms with van der Waals surface area (Å²) in [6.07, 6.45) is 6.41. The number of thioether (sulfide) groups is 1. The van der Waals surface area contributed by atoms with Crippen LogP contribution in [0, 0.1) is 34.5 Å². The van der Waals surface area contributed by atoms with Crippen LogP contribution >= 0.6 is 24.4 Å². The van der Waals surface area contributed by atoms with Crippen LogP contribution in [-0.2, 0) is 53.7 Å². The van der Waals surface area contributed by atoms with Gasteiger partial charge < -0.3 is 34.3 Å². The Bertz CT molecular complexity index is 3190. The number of aliphatic hydroxyl groups excluding tert-OH is 1. The topological polar surface area (TPSA) is 168 Å². The Morgan fingerprint density at radius 1 is 0.540 bits per heavy atom. The summed E-state index contributed by atoms with van der Waals surface area (Å²) in [5.74, 6) is -0.384. The molecule has 1 aliphatic heterocycles. The van der Waals surface area contributed by atoms with Crippen molar-refractivity contribution in [2.45, 2.75) is 194 Å². The molecule has 6 aromatic rings. The van der Waals surface area contributed by atoms with Crippen LogP contribution in [0.4, 0.5) is 0 Å². The molecule has 0 bridgehead atoms. The Kier molecular flexibility index (Phi) is 38.4. The van der Waals surface area contributed by atoms with Crippen molar-refractivity contribution >= 4 is 64.4 Å². The van der Waals surface area contributed by atoms with E-state index in [1.807, 2.05) is 52.0 Å². The largest absolute Gasteiger partial charge is 1.00 e. The van der Waals surface area contributed by atoms with Gasteiger partial charge in [-0.1, -0.05) is 276 Å². The van der Waals surface area contributed by atoms with Crippen LogP contribution in [0.2, 0.25) is 39.3 Å². The number of methoxy groups -OCH3 is 2.